The van der Waals surface area contributed by atoms with Crippen LogP contribution in [0, 0.1) is 28.6 Å². The quantitative estimate of drug-likeness (QED) is 0.339. The van der Waals surface area contributed by atoms with Crippen LogP contribution in [0.4, 0.5) is 5.69 Å². The predicted octanol–water partition coefficient (Wildman–Crippen LogP) is 4.62. The molecule has 0 radical (unpaired) electrons. The van der Waals surface area contributed by atoms with Gasteiger partial charge in [0.15, 0.2) is 11.5 Å². The van der Waals surface area contributed by atoms with Crippen molar-refractivity contribution in [2.24, 2.45) is 18.1 Å². The van der Waals surface area contributed by atoms with Crippen LogP contribution in [0.25, 0.3) is 11.0 Å². The van der Waals surface area contributed by atoms with E-state index in [0.717, 1.165) is 37.0 Å². The molecule has 0 saturated heterocycles. The van der Waals surface area contributed by atoms with Gasteiger partial charge >= 0.3 is 0 Å². The van der Waals surface area contributed by atoms with Gasteiger partial charge in [-0.15, -0.1) is 0 Å². The van der Waals surface area contributed by atoms with E-state index in [4.69, 9.17) is 14.3 Å². The summed E-state index contributed by atoms with van der Waals surface area (Å²) in [5, 5.41) is 24.0. The molecule has 0 atom stereocenters. The number of nitriles is 2. The third-order valence-electron chi connectivity index (χ3n) is 7.51. The number of pyridine rings is 2. The van der Waals surface area contributed by atoms with Gasteiger partial charge in [-0.3, -0.25) is 4.79 Å². The van der Waals surface area contributed by atoms with E-state index < -0.39 is 5.60 Å². The van der Waals surface area contributed by atoms with Crippen molar-refractivity contribution in [2.75, 3.05) is 18.7 Å². The second-order valence-electron chi connectivity index (χ2n) is 11.2. The molecule has 0 bridgehead atoms. The monoisotopic (exact) mass is 540 g/mol. The molecule has 40 heavy (non-hydrogen) atoms. The Morgan fingerprint density at radius 1 is 1.10 bits per heavy atom. The lowest BCUT2D eigenvalue weighted by Crippen LogP contribution is -2.39. The number of anilines is 1. The molecule has 2 aromatic heterocycles. The molecule has 10 heteroatoms. The Labute approximate surface area is 233 Å². The number of fused-ring (bicyclic) bond motifs is 2. The van der Waals surface area contributed by atoms with Gasteiger partial charge in [-0.05, 0) is 76.8 Å². The average Bonchev–Trinajstić information content (AvgIpc) is 3.42. The van der Waals surface area contributed by atoms with Gasteiger partial charge in [0, 0.05) is 31.6 Å². The molecule has 0 unspecified atom stereocenters. The predicted molar refractivity (Wildman–Crippen MR) is 151 cm³/mol. The molecule has 10 nitrogen and oxygen atoms in total. The second kappa shape index (κ2) is 10.5. The largest absolute Gasteiger partial charge is 0.454 e. The summed E-state index contributed by atoms with van der Waals surface area (Å²) in [7, 11) is 3.52. The fraction of sp³-hybridized carbons (Fsp3) is 0.433. The summed E-state index contributed by atoms with van der Waals surface area (Å²) in [6.45, 7) is 6.10. The summed E-state index contributed by atoms with van der Waals surface area (Å²) in [5.41, 5.74) is 2.77. The average molecular weight is 541 g/mol. The molecule has 1 saturated carbocycles. The topological polar surface area (TPSA) is 126 Å². The third kappa shape index (κ3) is 5.05. The lowest BCUT2D eigenvalue weighted by Gasteiger charge is -2.37. The zero-order valence-corrected chi connectivity index (χ0v) is 23.4. The molecule has 0 amide bonds. The number of aryl methyl sites for hydroxylation is 1. The molecule has 1 aliphatic carbocycles. The van der Waals surface area contributed by atoms with Gasteiger partial charge in [-0.25, -0.2) is 4.98 Å². The summed E-state index contributed by atoms with van der Waals surface area (Å²) >= 11 is 0. The van der Waals surface area contributed by atoms with Crippen molar-refractivity contribution >= 4 is 22.4 Å². The first-order valence-electron chi connectivity index (χ1n) is 13.3. The molecule has 1 aliphatic heterocycles. The van der Waals surface area contributed by atoms with E-state index in [1.54, 1.807) is 19.2 Å². The minimum absolute atomic E-state index is 0.0309. The fourth-order valence-electron chi connectivity index (χ4n) is 5.42. The highest BCUT2D eigenvalue weighted by Crippen LogP contribution is 2.38. The molecule has 0 N–H and O–H groups in total. The zero-order chi connectivity index (χ0) is 28.6. The van der Waals surface area contributed by atoms with Gasteiger partial charge in [0.25, 0.3) is 5.56 Å². The molecule has 1 fully saturated rings. The number of oxime groups is 1. The molecule has 1 aromatic carbocycles. The number of benzene rings is 1. The maximum absolute atomic E-state index is 13.1. The Morgan fingerprint density at radius 2 is 1.82 bits per heavy atom. The number of hydrogen-bond donors (Lipinski definition) is 0. The van der Waals surface area contributed by atoms with E-state index >= 15 is 0 Å². The second-order valence-corrected chi connectivity index (χ2v) is 11.2. The molecule has 5 rings (SSSR count). The number of hydrogen-bond acceptors (Lipinski definition) is 9. The highest BCUT2D eigenvalue weighted by Gasteiger charge is 2.32. The maximum atomic E-state index is 13.1. The van der Waals surface area contributed by atoms with Gasteiger partial charge in [-0.2, -0.15) is 10.5 Å². The van der Waals surface area contributed by atoms with Gasteiger partial charge in [0.1, 0.15) is 34.5 Å². The molecular formula is C30H32N6O4. The SMILES string of the molecule is CN(c1c(C#N)c(=O)n(C)c2ccc(C#N)nc12)C1CCC(/C(=N/OC(C)(C)C)c2ccc3c(c2)OCO3)CC1. The number of rotatable bonds is 5. The van der Waals surface area contributed by atoms with Gasteiger partial charge < -0.3 is 23.8 Å². The van der Waals surface area contributed by atoms with E-state index in [0.29, 0.717) is 28.2 Å². The summed E-state index contributed by atoms with van der Waals surface area (Å²) in [6.07, 6.45) is 3.27. The van der Waals surface area contributed by atoms with Crippen LogP contribution in [0.5, 0.6) is 11.5 Å². The van der Waals surface area contributed by atoms with Crippen molar-refractivity contribution in [3.63, 3.8) is 0 Å². The molecule has 206 valence electrons. The summed E-state index contributed by atoms with van der Waals surface area (Å²) in [5.74, 6) is 1.56. The third-order valence-corrected chi connectivity index (χ3v) is 7.51. The standard InChI is InChI=1S/C30H32N6O4/c1-30(2,3)40-34-26(19-8-13-24-25(14-19)39-17-38-24)18-6-10-21(11-7-18)35(4)28-22(16-32)29(37)36(5)23-12-9-20(15-31)33-27(23)28/h8-9,12-14,18,21H,6-7,10-11,17H2,1-5H3/b34-26-. The van der Waals surface area contributed by atoms with Gasteiger partial charge in [-0.1, -0.05) is 5.16 Å². The Kier molecular flexibility index (Phi) is 7.12. The van der Waals surface area contributed by atoms with Crippen LogP contribution in [-0.4, -0.2) is 40.7 Å². The van der Waals surface area contributed by atoms with Crippen molar-refractivity contribution in [3.8, 4) is 23.6 Å². The molecular weight excluding hydrogens is 508 g/mol. The first kappa shape index (κ1) is 27.0. The fourth-order valence-corrected chi connectivity index (χ4v) is 5.42. The minimum atomic E-state index is -0.442. The van der Waals surface area contributed by atoms with E-state index in [-0.39, 0.29) is 35.6 Å². The van der Waals surface area contributed by atoms with Crippen molar-refractivity contribution < 1.29 is 14.3 Å². The van der Waals surface area contributed by atoms with Crippen LogP contribution >= 0.6 is 0 Å². The van der Waals surface area contributed by atoms with Crippen molar-refractivity contribution in [1.29, 1.82) is 10.5 Å². The Bertz CT molecular complexity index is 1630. The number of aromatic nitrogens is 2. The Morgan fingerprint density at radius 3 is 2.50 bits per heavy atom. The molecule has 0 spiro atoms. The smallest absolute Gasteiger partial charge is 0.270 e. The summed E-state index contributed by atoms with van der Waals surface area (Å²) in [4.78, 5) is 25.5. The highest BCUT2D eigenvalue weighted by atomic mass is 16.7. The van der Waals surface area contributed by atoms with E-state index in [2.05, 4.69) is 22.3 Å². The number of nitrogens with zero attached hydrogens (tertiary/aromatic N) is 6. The first-order valence-corrected chi connectivity index (χ1v) is 13.3. The van der Waals surface area contributed by atoms with Crippen molar-refractivity contribution in [2.45, 2.75) is 58.1 Å². The van der Waals surface area contributed by atoms with E-state index in [1.807, 2.05) is 50.9 Å². The van der Waals surface area contributed by atoms with Gasteiger partial charge in [0.2, 0.25) is 6.79 Å². The van der Waals surface area contributed by atoms with E-state index in [1.165, 1.54) is 4.57 Å². The van der Waals surface area contributed by atoms with Crippen molar-refractivity contribution in [3.05, 3.63) is 57.5 Å². The van der Waals surface area contributed by atoms with Crippen LogP contribution in [0.3, 0.4) is 0 Å². The lowest BCUT2D eigenvalue weighted by atomic mass is 9.80. The van der Waals surface area contributed by atoms with Crippen LogP contribution in [0.1, 0.15) is 63.3 Å². The van der Waals surface area contributed by atoms with Crippen LogP contribution in [-0.2, 0) is 11.9 Å². The number of ether oxygens (including phenoxy) is 2. The van der Waals surface area contributed by atoms with Gasteiger partial charge in [0.05, 0.1) is 16.9 Å². The minimum Gasteiger partial charge on any atom is -0.454 e. The molecule has 3 aromatic rings. The zero-order valence-electron chi connectivity index (χ0n) is 23.4. The molecule has 3 heterocycles. The Balaban J connectivity index is 1.45. The van der Waals surface area contributed by atoms with E-state index in [9.17, 15) is 15.3 Å². The Hall–Kier alpha value is -4.57. The maximum Gasteiger partial charge on any atom is 0.270 e. The summed E-state index contributed by atoms with van der Waals surface area (Å²) in [6, 6.07) is 13.4. The lowest BCUT2D eigenvalue weighted by molar-refractivity contribution is -0.0000295. The normalized spacial score (nSPS) is 18.7. The van der Waals surface area contributed by atoms with Crippen LogP contribution < -0.4 is 19.9 Å². The summed E-state index contributed by atoms with van der Waals surface area (Å²) < 4.78 is 12.5. The van der Waals surface area contributed by atoms with Crippen LogP contribution in [0.2, 0.25) is 0 Å². The van der Waals surface area contributed by atoms with Crippen LogP contribution in [0.15, 0.2) is 40.3 Å². The highest BCUT2D eigenvalue weighted by molar-refractivity contribution is 6.02. The molecule has 2 aliphatic rings. The first-order chi connectivity index (χ1) is 19.1. The van der Waals surface area contributed by atoms with Crippen molar-refractivity contribution in [1.82, 2.24) is 9.55 Å².